The highest BCUT2D eigenvalue weighted by Gasteiger charge is 2.43. The second-order valence-corrected chi connectivity index (χ2v) is 7.26. The van der Waals surface area contributed by atoms with Gasteiger partial charge in [-0.1, -0.05) is 32.1 Å². The van der Waals surface area contributed by atoms with Crippen LogP contribution in [0.1, 0.15) is 45.4 Å². The third-order valence-electron chi connectivity index (χ3n) is 5.55. The molecule has 1 saturated heterocycles. The molecule has 0 spiro atoms. The van der Waals surface area contributed by atoms with Crippen LogP contribution in [-0.2, 0) is 4.74 Å². The predicted octanol–water partition coefficient (Wildman–Crippen LogP) is 2.46. The van der Waals surface area contributed by atoms with E-state index in [4.69, 9.17) is 9.73 Å². The van der Waals surface area contributed by atoms with E-state index in [0.29, 0.717) is 6.04 Å². The molecule has 2 saturated carbocycles. The van der Waals surface area contributed by atoms with Gasteiger partial charge in [0.1, 0.15) is 0 Å². The molecule has 3 aliphatic rings. The van der Waals surface area contributed by atoms with Crippen molar-refractivity contribution in [1.82, 2.24) is 15.5 Å². The Morgan fingerprint density at radius 1 is 1.17 bits per heavy atom. The van der Waals surface area contributed by atoms with Gasteiger partial charge in [-0.3, -0.25) is 9.89 Å². The molecule has 6 heteroatoms. The monoisotopic (exact) mass is 450 g/mol. The summed E-state index contributed by atoms with van der Waals surface area (Å²) in [5.74, 6) is 2.89. The fourth-order valence-electron chi connectivity index (χ4n) is 4.09. The first-order valence-electron chi connectivity index (χ1n) is 9.71. The van der Waals surface area contributed by atoms with Crippen LogP contribution in [0.5, 0.6) is 0 Å². The molecule has 3 fully saturated rings. The SMILES string of the molecule is CCNC(=NCCN1CCOCC1)NC1CC1C1CCCCC1.I. The number of hydrogen-bond donors (Lipinski definition) is 2. The molecule has 1 heterocycles. The molecule has 0 radical (unpaired) electrons. The first-order chi connectivity index (χ1) is 11.4. The Bertz CT molecular complexity index is 381. The normalized spacial score (nSPS) is 29.0. The van der Waals surface area contributed by atoms with Crippen LogP contribution in [0.25, 0.3) is 0 Å². The molecule has 140 valence electrons. The van der Waals surface area contributed by atoms with Crippen molar-refractivity contribution in [2.45, 2.75) is 51.5 Å². The number of nitrogens with zero attached hydrogens (tertiary/aromatic N) is 2. The lowest BCUT2D eigenvalue weighted by Gasteiger charge is -2.26. The molecule has 2 atom stereocenters. The summed E-state index contributed by atoms with van der Waals surface area (Å²) in [5.41, 5.74) is 0. The number of halogens is 1. The summed E-state index contributed by atoms with van der Waals surface area (Å²) >= 11 is 0. The Labute approximate surface area is 164 Å². The van der Waals surface area contributed by atoms with Gasteiger partial charge in [0.15, 0.2) is 5.96 Å². The average molecular weight is 450 g/mol. The van der Waals surface area contributed by atoms with Crippen molar-refractivity contribution in [2.24, 2.45) is 16.8 Å². The Morgan fingerprint density at radius 3 is 2.62 bits per heavy atom. The molecule has 0 aromatic rings. The van der Waals surface area contributed by atoms with Gasteiger partial charge in [-0.25, -0.2) is 0 Å². The second-order valence-electron chi connectivity index (χ2n) is 7.26. The standard InChI is InChI=1S/C18H34N4O.HI/c1-2-19-18(20-8-9-22-10-12-23-13-11-22)21-17-14-16(17)15-6-4-3-5-7-15;/h15-17H,2-14H2,1H3,(H2,19,20,21);1H. The van der Waals surface area contributed by atoms with E-state index in [1.807, 2.05) is 0 Å². The summed E-state index contributed by atoms with van der Waals surface area (Å²) in [6.45, 7) is 8.82. The van der Waals surface area contributed by atoms with E-state index in [1.165, 1.54) is 38.5 Å². The largest absolute Gasteiger partial charge is 0.379 e. The van der Waals surface area contributed by atoms with Crippen molar-refractivity contribution >= 4 is 29.9 Å². The lowest BCUT2D eigenvalue weighted by atomic mass is 9.85. The van der Waals surface area contributed by atoms with Crippen LogP contribution in [-0.4, -0.2) is 62.8 Å². The Hall–Kier alpha value is -0.0800. The quantitative estimate of drug-likeness (QED) is 0.371. The smallest absolute Gasteiger partial charge is 0.191 e. The predicted molar refractivity (Wildman–Crippen MR) is 110 cm³/mol. The molecule has 1 aliphatic heterocycles. The first-order valence-corrected chi connectivity index (χ1v) is 9.71. The zero-order valence-electron chi connectivity index (χ0n) is 15.1. The number of morpholine rings is 1. The van der Waals surface area contributed by atoms with Crippen LogP contribution in [0, 0.1) is 11.8 Å². The van der Waals surface area contributed by atoms with Gasteiger partial charge in [-0.15, -0.1) is 24.0 Å². The minimum atomic E-state index is 0. The topological polar surface area (TPSA) is 48.9 Å². The van der Waals surface area contributed by atoms with Crippen molar-refractivity contribution in [3.05, 3.63) is 0 Å². The number of ether oxygens (including phenoxy) is 1. The fourth-order valence-corrected chi connectivity index (χ4v) is 4.09. The maximum atomic E-state index is 5.39. The maximum Gasteiger partial charge on any atom is 0.191 e. The van der Waals surface area contributed by atoms with Gasteiger partial charge in [0.2, 0.25) is 0 Å². The lowest BCUT2D eigenvalue weighted by molar-refractivity contribution is 0.0394. The molecule has 2 unspecified atom stereocenters. The summed E-state index contributed by atoms with van der Waals surface area (Å²) < 4.78 is 5.39. The fraction of sp³-hybridized carbons (Fsp3) is 0.944. The van der Waals surface area contributed by atoms with Crippen LogP contribution in [0.15, 0.2) is 4.99 Å². The van der Waals surface area contributed by atoms with Crippen LogP contribution in [0.2, 0.25) is 0 Å². The van der Waals surface area contributed by atoms with Gasteiger partial charge in [0.25, 0.3) is 0 Å². The highest BCUT2D eigenvalue weighted by molar-refractivity contribution is 14.0. The van der Waals surface area contributed by atoms with Gasteiger partial charge < -0.3 is 15.4 Å². The number of hydrogen-bond acceptors (Lipinski definition) is 3. The summed E-state index contributed by atoms with van der Waals surface area (Å²) in [7, 11) is 0. The summed E-state index contributed by atoms with van der Waals surface area (Å²) in [5, 5.41) is 7.08. The number of aliphatic imine (C=N–C) groups is 1. The third kappa shape index (κ3) is 6.33. The summed E-state index contributed by atoms with van der Waals surface area (Å²) in [4.78, 5) is 7.22. The van der Waals surface area contributed by atoms with Crippen molar-refractivity contribution in [3.8, 4) is 0 Å². The van der Waals surface area contributed by atoms with Crippen LogP contribution < -0.4 is 10.6 Å². The zero-order chi connectivity index (χ0) is 15.9. The van der Waals surface area contributed by atoms with Crippen molar-refractivity contribution in [3.63, 3.8) is 0 Å². The summed E-state index contributed by atoms with van der Waals surface area (Å²) in [6.07, 6.45) is 8.59. The Balaban J connectivity index is 0.00000208. The van der Waals surface area contributed by atoms with Crippen molar-refractivity contribution in [1.29, 1.82) is 0 Å². The molecular formula is C18H35IN4O. The lowest BCUT2D eigenvalue weighted by Crippen LogP contribution is -2.41. The molecule has 0 amide bonds. The minimum Gasteiger partial charge on any atom is -0.379 e. The van der Waals surface area contributed by atoms with Crippen molar-refractivity contribution < 1.29 is 4.74 Å². The van der Waals surface area contributed by atoms with E-state index in [9.17, 15) is 0 Å². The van der Waals surface area contributed by atoms with E-state index in [1.54, 1.807) is 0 Å². The minimum absolute atomic E-state index is 0. The molecule has 0 aromatic carbocycles. The number of guanidine groups is 1. The number of rotatable bonds is 6. The van der Waals surface area contributed by atoms with Crippen LogP contribution >= 0.6 is 24.0 Å². The number of nitrogens with one attached hydrogen (secondary N) is 2. The molecular weight excluding hydrogens is 415 g/mol. The second kappa shape index (κ2) is 10.8. The van der Waals surface area contributed by atoms with Gasteiger partial charge in [0.05, 0.1) is 19.8 Å². The molecule has 0 bridgehead atoms. The van der Waals surface area contributed by atoms with Gasteiger partial charge in [-0.05, 0) is 25.2 Å². The van der Waals surface area contributed by atoms with E-state index < -0.39 is 0 Å². The van der Waals surface area contributed by atoms with Gasteiger partial charge in [-0.2, -0.15) is 0 Å². The molecule has 2 N–H and O–H groups in total. The Kier molecular flexibility index (Phi) is 9.11. The highest BCUT2D eigenvalue weighted by atomic mass is 127. The average Bonchev–Trinajstić information content (AvgIpc) is 3.36. The van der Waals surface area contributed by atoms with Crippen LogP contribution in [0.3, 0.4) is 0 Å². The third-order valence-corrected chi connectivity index (χ3v) is 5.55. The first kappa shape index (κ1) is 20.2. The molecule has 24 heavy (non-hydrogen) atoms. The van der Waals surface area contributed by atoms with Gasteiger partial charge >= 0.3 is 0 Å². The van der Waals surface area contributed by atoms with E-state index >= 15 is 0 Å². The van der Waals surface area contributed by atoms with Crippen molar-refractivity contribution in [2.75, 3.05) is 45.9 Å². The summed E-state index contributed by atoms with van der Waals surface area (Å²) in [6, 6.07) is 0.666. The van der Waals surface area contributed by atoms with Crippen LogP contribution in [0.4, 0.5) is 0 Å². The van der Waals surface area contributed by atoms with E-state index in [2.05, 4.69) is 22.5 Å². The van der Waals surface area contributed by atoms with Gasteiger partial charge in [0, 0.05) is 32.2 Å². The maximum absolute atomic E-state index is 5.39. The highest BCUT2D eigenvalue weighted by Crippen LogP contribution is 2.44. The Morgan fingerprint density at radius 2 is 1.92 bits per heavy atom. The molecule has 3 rings (SSSR count). The molecule has 2 aliphatic carbocycles. The van der Waals surface area contributed by atoms with E-state index in [-0.39, 0.29) is 24.0 Å². The molecule has 5 nitrogen and oxygen atoms in total. The zero-order valence-corrected chi connectivity index (χ0v) is 17.5. The van der Waals surface area contributed by atoms with E-state index in [0.717, 1.165) is 63.7 Å². The molecule has 0 aromatic heterocycles.